The average Bonchev–Trinajstić information content (AvgIpc) is 3.14. The van der Waals surface area contributed by atoms with Gasteiger partial charge in [0.2, 0.25) is 0 Å². The summed E-state index contributed by atoms with van der Waals surface area (Å²) in [5, 5.41) is 4.89. The monoisotopic (exact) mass is 297 g/mol. The number of fused-ring (bicyclic) bond motifs is 1. The molecule has 0 spiro atoms. The third kappa shape index (κ3) is 2.28. The van der Waals surface area contributed by atoms with Gasteiger partial charge in [0.15, 0.2) is 11.9 Å². The van der Waals surface area contributed by atoms with Crippen molar-refractivity contribution in [2.45, 2.75) is 12.5 Å². The lowest BCUT2D eigenvalue weighted by atomic mass is 10.0. The molecule has 0 radical (unpaired) electrons. The van der Waals surface area contributed by atoms with Crippen LogP contribution in [0.1, 0.15) is 23.9 Å². The van der Waals surface area contributed by atoms with E-state index in [0.29, 0.717) is 6.42 Å². The van der Waals surface area contributed by atoms with Gasteiger partial charge in [-0.2, -0.15) is 0 Å². The Bertz CT molecular complexity index is 790. The van der Waals surface area contributed by atoms with Gasteiger partial charge >= 0.3 is 0 Å². The van der Waals surface area contributed by atoms with E-state index in [4.69, 9.17) is 16.4 Å². The highest BCUT2D eigenvalue weighted by molar-refractivity contribution is 6.30. The van der Waals surface area contributed by atoms with Gasteiger partial charge in [-0.15, -0.1) is 0 Å². The third-order valence-electron chi connectivity index (χ3n) is 3.57. The number of hydrogen-bond acceptors (Lipinski definition) is 3. The minimum absolute atomic E-state index is 0.0783. The summed E-state index contributed by atoms with van der Waals surface area (Å²) in [7, 11) is 0. The van der Waals surface area contributed by atoms with Gasteiger partial charge in [-0.1, -0.05) is 41.0 Å². The van der Waals surface area contributed by atoms with Crippen molar-refractivity contribution in [3.05, 3.63) is 64.9 Å². The lowest BCUT2D eigenvalue weighted by Crippen LogP contribution is -2.03. The van der Waals surface area contributed by atoms with Gasteiger partial charge in [0.05, 0.1) is 11.0 Å². The minimum Gasteiger partial charge on any atom is -0.387 e. The van der Waals surface area contributed by atoms with Crippen LogP contribution in [0, 0.1) is 0 Å². The molecule has 21 heavy (non-hydrogen) atoms. The fourth-order valence-electron chi connectivity index (χ4n) is 2.46. The van der Waals surface area contributed by atoms with Crippen molar-refractivity contribution in [3.63, 3.8) is 0 Å². The standard InChI is InChI=1S/C16H12ClN3O/c17-11-7-5-10(6-8-11)15-9-14(20-21-15)16-18-12-3-1-2-4-13(12)19-16/h1-8,15H,9H2,(H,18,19). The average molecular weight is 298 g/mol. The van der Waals surface area contributed by atoms with E-state index in [0.717, 1.165) is 33.2 Å². The predicted octanol–water partition coefficient (Wildman–Crippen LogP) is 4.08. The van der Waals surface area contributed by atoms with Crippen LogP contribution >= 0.6 is 11.6 Å². The molecule has 1 unspecified atom stereocenters. The molecule has 1 atom stereocenters. The molecule has 1 N–H and O–H groups in total. The number of nitrogens with one attached hydrogen (secondary N) is 1. The van der Waals surface area contributed by atoms with Crippen LogP contribution in [0.4, 0.5) is 0 Å². The van der Waals surface area contributed by atoms with Crippen LogP contribution in [0.3, 0.4) is 0 Å². The Morgan fingerprint density at radius 3 is 2.71 bits per heavy atom. The summed E-state index contributed by atoms with van der Waals surface area (Å²) in [6.07, 6.45) is 0.618. The molecule has 1 aliphatic rings. The fraction of sp³-hybridized carbons (Fsp3) is 0.125. The van der Waals surface area contributed by atoms with E-state index in [2.05, 4.69) is 15.1 Å². The van der Waals surface area contributed by atoms with Crippen molar-refractivity contribution in [1.82, 2.24) is 9.97 Å². The topological polar surface area (TPSA) is 50.3 Å². The second-order valence-electron chi connectivity index (χ2n) is 4.99. The number of benzene rings is 2. The number of rotatable bonds is 2. The number of imidazole rings is 1. The van der Waals surface area contributed by atoms with Crippen molar-refractivity contribution >= 4 is 28.3 Å². The van der Waals surface area contributed by atoms with E-state index in [9.17, 15) is 0 Å². The van der Waals surface area contributed by atoms with E-state index in [1.807, 2.05) is 48.5 Å². The SMILES string of the molecule is Clc1ccc(C2CC(c3nc4ccccc4[nH]3)=NO2)cc1. The molecule has 5 heteroatoms. The molecule has 2 heterocycles. The number of H-pyrrole nitrogens is 1. The van der Waals surface area contributed by atoms with E-state index in [-0.39, 0.29) is 6.10 Å². The molecule has 0 saturated carbocycles. The maximum Gasteiger partial charge on any atom is 0.158 e. The molecule has 1 aromatic heterocycles. The zero-order chi connectivity index (χ0) is 14.2. The summed E-state index contributed by atoms with van der Waals surface area (Å²) in [6, 6.07) is 15.6. The summed E-state index contributed by atoms with van der Waals surface area (Å²) >= 11 is 5.90. The first-order chi connectivity index (χ1) is 10.3. The Morgan fingerprint density at radius 1 is 1.10 bits per heavy atom. The lowest BCUT2D eigenvalue weighted by molar-refractivity contribution is 0.0857. The quantitative estimate of drug-likeness (QED) is 0.775. The molecular weight excluding hydrogens is 286 g/mol. The van der Waals surface area contributed by atoms with Crippen molar-refractivity contribution in [3.8, 4) is 0 Å². The smallest absolute Gasteiger partial charge is 0.158 e. The summed E-state index contributed by atoms with van der Waals surface area (Å²) in [5.41, 5.74) is 3.84. The number of nitrogens with zero attached hydrogens (tertiary/aromatic N) is 2. The van der Waals surface area contributed by atoms with E-state index in [1.165, 1.54) is 0 Å². The molecule has 104 valence electrons. The zero-order valence-corrected chi connectivity index (χ0v) is 11.8. The second-order valence-corrected chi connectivity index (χ2v) is 5.43. The molecule has 0 amide bonds. The molecular formula is C16H12ClN3O. The Kier molecular flexibility index (Phi) is 2.89. The highest BCUT2D eigenvalue weighted by Gasteiger charge is 2.25. The molecule has 4 rings (SSSR count). The molecule has 0 fully saturated rings. The highest BCUT2D eigenvalue weighted by atomic mass is 35.5. The van der Waals surface area contributed by atoms with Gasteiger partial charge in [-0.25, -0.2) is 4.98 Å². The summed E-state index contributed by atoms with van der Waals surface area (Å²) in [6.45, 7) is 0. The highest BCUT2D eigenvalue weighted by Crippen LogP contribution is 2.30. The summed E-state index contributed by atoms with van der Waals surface area (Å²) < 4.78 is 0. The Labute approximate surface area is 126 Å². The normalized spacial score (nSPS) is 17.8. The van der Waals surface area contributed by atoms with E-state index in [1.54, 1.807) is 0 Å². The van der Waals surface area contributed by atoms with Gasteiger partial charge < -0.3 is 9.82 Å². The minimum atomic E-state index is -0.0783. The van der Waals surface area contributed by atoms with Gasteiger partial charge in [0, 0.05) is 11.4 Å². The number of oxime groups is 1. The predicted molar refractivity (Wildman–Crippen MR) is 82.5 cm³/mol. The number of para-hydroxylation sites is 2. The number of aromatic amines is 1. The van der Waals surface area contributed by atoms with Crippen LogP contribution in [-0.4, -0.2) is 15.7 Å². The number of halogens is 1. The Hall–Kier alpha value is -2.33. The Balaban J connectivity index is 1.59. The van der Waals surface area contributed by atoms with Gasteiger partial charge in [-0.05, 0) is 29.8 Å². The van der Waals surface area contributed by atoms with Crippen LogP contribution in [0.2, 0.25) is 5.02 Å². The fourth-order valence-corrected chi connectivity index (χ4v) is 2.59. The first-order valence-electron chi connectivity index (χ1n) is 6.73. The van der Waals surface area contributed by atoms with Gasteiger partial charge in [-0.3, -0.25) is 0 Å². The van der Waals surface area contributed by atoms with Crippen LogP contribution in [0.15, 0.2) is 53.7 Å². The summed E-state index contributed by atoms with van der Waals surface area (Å²) in [5.74, 6) is 0.771. The molecule has 4 nitrogen and oxygen atoms in total. The first kappa shape index (κ1) is 12.4. The number of aromatic nitrogens is 2. The molecule has 2 aromatic carbocycles. The maximum atomic E-state index is 5.90. The lowest BCUT2D eigenvalue weighted by Gasteiger charge is -2.07. The Morgan fingerprint density at radius 2 is 1.90 bits per heavy atom. The van der Waals surface area contributed by atoms with Crippen molar-refractivity contribution in [2.24, 2.45) is 5.16 Å². The van der Waals surface area contributed by atoms with E-state index < -0.39 is 0 Å². The molecule has 0 bridgehead atoms. The molecule has 1 aliphatic heterocycles. The van der Waals surface area contributed by atoms with Crippen LogP contribution in [0.25, 0.3) is 11.0 Å². The second kappa shape index (κ2) is 4.90. The van der Waals surface area contributed by atoms with Crippen LogP contribution < -0.4 is 0 Å². The molecule has 0 saturated heterocycles. The summed E-state index contributed by atoms with van der Waals surface area (Å²) in [4.78, 5) is 13.4. The van der Waals surface area contributed by atoms with E-state index >= 15 is 0 Å². The van der Waals surface area contributed by atoms with Crippen molar-refractivity contribution in [2.75, 3.05) is 0 Å². The first-order valence-corrected chi connectivity index (χ1v) is 7.11. The van der Waals surface area contributed by atoms with Crippen molar-refractivity contribution < 1.29 is 4.84 Å². The van der Waals surface area contributed by atoms with Gasteiger partial charge in [0.25, 0.3) is 0 Å². The largest absolute Gasteiger partial charge is 0.387 e. The molecule has 3 aromatic rings. The zero-order valence-electron chi connectivity index (χ0n) is 11.1. The van der Waals surface area contributed by atoms with Gasteiger partial charge in [0.1, 0.15) is 5.71 Å². The van der Waals surface area contributed by atoms with Crippen LogP contribution in [-0.2, 0) is 4.84 Å². The van der Waals surface area contributed by atoms with Crippen molar-refractivity contribution in [1.29, 1.82) is 0 Å². The molecule has 0 aliphatic carbocycles. The number of hydrogen-bond donors (Lipinski definition) is 1. The third-order valence-corrected chi connectivity index (χ3v) is 3.83. The van der Waals surface area contributed by atoms with Crippen LogP contribution in [0.5, 0.6) is 0 Å². The maximum absolute atomic E-state index is 5.90.